The van der Waals surface area contributed by atoms with Crippen molar-refractivity contribution in [3.05, 3.63) is 103 Å². The first-order valence-corrected chi connectivity index (χ1v) is 10.8. The number of benzene rings is 4. The summed E-state index contributed by atoms with van der Waals surface area (Å²) >= 11 is 0. The molecule has 6 heteroatoms. The van der Waals surface area contributed by atoms with Crippen LogP contribution in [0.15, 0.2) is 102 Å². The molecule has 0 amide bonds. The Morgan fingerprint density at radius 3 is 1.56 bits per heavy atom. The number of methoxy groups -OCH3 is 1. The summed E-state index contributed by atoms with van der Waals surface area (Å²) in [6, 6.07) is 29.6. The van der Waals surface area contributed by atoms with Gasteiger partial charge in [0.05, 0.1) is 12.8 Å². The van der Waals surface area contributed by atoms with Crippen molar-refractivity contribution < 1.29 is 14.9 Å². The molecule has 34 heavy (non-hydrogen) atoms. The summed E-state index contributed by atoms with van der Waals surface area (Å²) < 4.78 is 5.29. The molecule has 6 nitrogen and oxygen atoms in total. The lowest BCUT2D eigenvalue weighted by Gasteiger charge is -2.27. The maximum atomic E-state index is 9.87. The summed E-state index contributed by atoms with van der Waals surface area (Å²) in [7, 11) is 5.63. The monoisotopic (exact) mass is 453 g/mol. The van der Waals surface area contributed by atoms with Gasteiger partial charge in [-0.3, -0.25) is 4.90 Å². The Hall–Kier alpha value is -4.45. The maximum absolute atomic E-state index is 9.87. The average Bonchev–Trinajstić information content (AvgIpc) is 2.86. The van der Waals surface area contributed by atoms with Crippen LogP contribution < -0.4 is 14.5 Å². The largest absolute Gasteiger partial charge is 0.508 e. The van der Waals surface area contributed by atoms with Crippen molar-refractivity contribution in [1.29, 1.82) is 0 Å². The third kappa shape index (κ3) is 5.13. The maximum Gasteiger partial charge on any atom is 0.145 e. The van der Waals surface area contributed by atoms with Crippen molar-refractivity contribution in [2.45, 2.75) is 0 Å². The van der Waals surface area contributed by atoms with Crippen LogP contribution in [0, 0.1) is 0 Å². The number of phenols is 2. The van der Waals surface area contributed by atoms with Gasteiger partial charge in [-0.2, -0.15) is 0 Å². The molecule has 0 saturated carbocycles. The van der Waals surface area contributed by atoms with E-state index in [1.807, 2.05) is 96.7 Å². The quantitative estimate of drug-likeness (QED) is 0.273. The molecule has 0 atom stereocenters. The predicted molar refractivity (Wildman–Crippen MR) is 138 cm³/mol. The van der Waals surface area contributed by atoms with Gasteiger partial charge in [0.2, 0.25) is 0 Å². The number of hydrogen-bond acceptors (Lipinski definition) is 5. The van der Waals surface area contributed by atoms with Crippen LogP contribution >= 0.6 is 0 Å². The molecule has 172 valence electrons. The Morgan fingerprint density at radius 1 is 0.647 bits per heavy atom. The number of aliphatic imine (C=N–C) groups is 1. The lowest BCUT2D eigenvalue weighted by atomic mass is 10.1. The normalized spacial score (nSPS) is 11.2. The van der Waals surface area contributed by atoms with Gasteiger partial charge in [-0.05, 0) is 97.1 Å². The highest BCUT2D eigenvalue weighted by atomic mass is 16.5. The second-order valence-corrected chi connectivity index (χ2v) is 7.94. The zero-order valence-electron chi connectivity index (χ0n) is 19.4. The van der Waals surface area contributed by atoms with Crippen molar-refractivity contribution in [3.8, 4) is 17.2 Å². The average molecular weight is 454 g/mol. The van der Waals surface area contributed by atoms with E-state index in [2.05, 4.69) is 0 Å². The summed E-state index contributed by atoms with van der Waals surface area (Å²) in [5.74, 6) is 1.80. The highest BCUT2D eigenvalue weighted by Crippen LogP contribution is 2.32. The minimum absolute atomic E-state index is 0.179. The van der Waals surface area contributed by atoms with E-state index in [9.17, 15) is 10.2 Å². The van der Waals surface area contributed by atoms with Crippen LogP contribution in [0.1, 0.15) is 5.56 Å². The lowest BCUT2D eigenvalue weighted by molar-refractivity contribution is 0.415. The number of anilines is 3. The van der Waals surface area contributed by atoms with E-state index >= 15 is 0 Å². The zero-order chi connectivity index (χ0) is 24.1. The fourth-order valence-electron chi connectivity index (χ4n) is 3.53. The summed E-state index contributed by atoms with van der Waals surface area (Å²) in [4.78, 5) is 9.06. The summed E-state index contributed by atoms with van der Waals surface area (Å²) in [6.45, 7) is 0. The molecule has 0 aliphatic carbocycles. The van der Waals surface area contributed by atoms with Crippen LogP contribution in [0.4, 0.5) is 22.7 Å². The minimum atomic E-state index is 0.179. The second kappa shape index (κ2) is 10.0. The van der Waals surface area contributed by atoms with Gasteiger partial charge in [0.15, 0.2) is 0 Å². The van der Waals surface area contributed by atoms with Gasteiger partial charge in [0, 0.05) is 36.7 Å². The van der Waals surface area contributed by atoms with Crippen molar-refractivity contribution in [1.82, 2.24) is 0 Å². The van der Waals surface area contributed by atoms with Crippen LogP contribution in [-0.4, -0.2) is 37.3 Å². The van der Waals surface area contributed by atoms with Gasteiger partial charge in [0.1, 0.15) is 23.1 Å². The molecule has 0 heterocycles. The smallest absolute Gasteiger partial charge is 0.145 e. The topological polar surface area (TPSA) is 68.5 Å². The molecule has 0 aliphatic rings. The highest BCUT2D eigenvalue weighted by molar-refractivity contribution is 6.15. The standard InChI is InChI=1S/C28H27N3O3/c1-30(2)22-8-4-20(5-9-22)28(29-21-6-18-27(34-3)19-7-21)31(23-10-14-25(32)15-11-23)24-12-16-26(33)17-13-24/h4-19,32-33H,1-3H3. The SMILES string of the molecule is COc1ccc(N=C(c2ccc(N(C)C)cc2)N(c2ccc(O)cc2)c2ccc(O)cc2)cc1. The number of rotatable bonds is 6. The van der Waals surface area contributed by atoms with Crippen LogP contribution in [-0.2, 0) is 0 Å². The number of amidine groups is 1. The molecule has 4 aromatic carbocycles. The molecule has 0 bridgehead atoms. The Morgan fingerprint density at radius 2 is 1.12 bits per heavy atom. The lowest BCUT2D eigenvalue weighted by Crippen LogP contribution is -2.27. The molecule has 0 fully saturated rings. The Labute approximate surface area is 199 Å². The van der Waals surface area contributed by atoms with E-state index in [0.717, 1.165) is 34.1 Å². The van der Waals surface area contributed by atoms with Crippen molar-refractivity contribution >= 4 is 28.6 Å². The Balaban J connectivity index is 1.91. The molecule has 2 N–H and O–H groups in total. The number of ether oxygens (including phenoxy) is 1. The molecule has 0 saturated heterocycles. The van der Waals surface area contributed by atoms with Gasteiger partial charge < -0.3 is 19.8 Å². The van der Waals surface area contributed by atoms with E-state index in [-0.39, 0.29) is 11.5 Å². The predicted octanol–water partition coefficient (Wildman–Crippen LogP) is 6.09. The molecule has 4 rings (SSSR count). The molecule has 0 spiro atoms. The minimum Gasteiger partial charge on any atom is -0.508 e. The van der Waals surface area contributed by atoms with Gasteiger partial charge in [-0.15, -0.1) is 0 Å². The van der Waals surface area contributed by atoms with Gasteiger partial charge in [-0.25, -0.2) is 4.99 Å². The molecular weight excluding hydrogens is 426 g/mol. The van der Waals surface area contributed by atoms with E-state index in [1.165, 1.54) is 0 Å². The molecule has 4 aromatic rings. The first-order chi connectivity index (χ1) is 16.4. The molecule has 0 radical (unpaired) electrons. The van der Waals surface area contributed by atoms with Crippen LogP contribution in [0.25, 0.3) is 0 Å². The number of aromatic hydroxyl groups is 2. The highest BCUT2D eigenvalue weighted by Gasteiger charge is 2.19. The van der Waals surface area contributed by atoms with Gasteiger partial charge in [0.25, 0.3) is 0 Å². The van der Waals surface area contributed by atoms with E-state index in [0.29, 0.717) is 5.84 Å². The van der Waals surface area contributed by atoms with Crippen molar-refractivity contribution in [2.24, 2.45) is 4.99 Å². The van der Waals surface area contributed by atoms with E-state index < -0.39 is 0 Å². The summed E-state index contributed by atoms with van der Waals surface area (Å²) in [5.41, 5.74) is 4.37. The number of hydrogen-bond donors (Lipinski definition) is 2. The Kier molecular flexibility index (Phi) is 6.69. The molecular formula is C28H27N3O3. The van der Waals surface area contributed by atoms with E-state index in [4.69, 9.17) is 9.73 Å². The second-order valence-electron chi connectivity index (χ2n) is 7.94. The summed E-state index contributed by atoms with van der Waals surface area (Å²) in [5, 5.41) is 19.7. The third-order valence-corrected chi connectivity index (χ3v) is 5.38. The molecule has 0 unspecified atom stereocenters. The van der Waals surface area contributed by atoms with Crippen LogP contribution in [0.2, 0.25) is 0 Å². The van der Waals surface area contributed by atoms with Gasteiger partial charge in [-0.1, -0.05) is 0 Å². The van der Waals surface area contributed by atoms with Crippen molar-refractivity contribution in [3.63, 3.8) is 0 Å². The fourth-order valence-corrected chi connectivity index (χ4v) is 3.53. The van der Waals surface area contributed by atoms with Crippen molar-refractivity contribution in [2.75, 3.05) is 31.0 Å². The first-order valence-electron chi connectivity index (χ1n) is 10.8. The Bertz CT molecular complexity index is 1200. The van der Waals surface area contributed by atoms with Gasteiger partial charge >= 0.3 is 0 Å². The zero-order valence-corrected chi connectivity index (χ0v) is 19.4. The molecule has 0 aromatic heterocycles. The number of phenolic OH excluding ortho intramolecular Hbond substituents is 2. The summed E-state index contributed by atoms with van der Waals surface area (Å²) in [6.07, 6.45) is 0. The van der Waals surface area contributed by atoms with Crippen LogP contribution in [0.5, 0.6) is 17.2 Å². The third-order valence-electron chi connectivity index (χ3n) is 5.38. The molecule has 0 aliphatic heterocycles. The van der Waals surface area contributed by atoms with Crippen LogP contribution in [0.3, 0.4) is 0 Å². The number of nitrogens with zero attached hydrogens (tertiary/aromatic N) is 3. The first kappa shape index (κ1) is 22.7. The fraction of sp³-hybridized carbons (Fsp3) is 0.107. The van der Waals surface area contributed by atoms with E-state index in [1.54, 1.807) is 31.4 Å².